The van der Waals surface area contributed by atoms with Crippen LogP contribution in [0.2, 0.25) is 4.34 Å². The molecule has 0 bridgehead atoms. The summed E-state index contributed by atoms with van der Waals surface area (Å²) >= 11 is 13.3. The summed E-state index contributed by atoms with van der Waals surface area (Å²) < 4.78 is 6.50. The molecule has 0 amide bonds. The minimum atomic E-state index is -0.100. The van der Waals surface area contributed by atoms with Gasteiger partial charge in [0.25, 0.3) is 5.56 Å². The van der Waals surface area contributed by atoms with Crippen molar-refractivity contribution in [3.05, 3.63) is 73.4 Å². The molecule has 0 spiro atoms. The van der Waals surface area contributed by atoms with Gasteiger partial charge in [0.15, 0.2) is 0 Å². The van der Waals surface area contributed by atoms with E-state index in [1.165, 1.54) is 0 Å². The van der Waals surface area contributed by atoms with E-state index in [0.717, 1.165) is 21.3 Å². The molecule has 0 saturated carbocycles. The summed E-state index contributed by atoms with van der Waals surface area (Å²) in [5.41, 5.74) is 0.656. The molecule has 28 heavy (non-hydrogen) atoms. The molecule has 6 nitrogen and oxygen atoms in total. The van der Waals surface area contributed by atoms with Gasteiger partial charge in [0, 0.05) is 18.0 Å². The van der Waals surface area contributed by atoms with Crippen molar-refractivity contribution in [3.8, 4) is 0 Å². The molecular formula is C19H18ClN5OS2. The summed E-state index contributed by atoms with van der Waals surface area (Å²) in [7, 11) is 1.99. The average Bonchev–Trinajstić information content (AvgIpc) is 3.22. The van der Waals surface area contributed by atoms with Crippen LogP contribution in [-0.4, -0.2) is 30.7 Å². The van der Waals surface area contributed by atoms with Gasteiger partial charge in [0.1, 0.15) is 0 Å². The lowest BCUT2D eigenvalue weighted by Gasteiger charge is -2.14. The number of rotatable bonds is 6. The number of aromatic nitrogens is 4. The number of fused-ring (bicyclic) bond motifs is 3. The van der Waals surface area contributed by atoms with Crippen LogP contribution in [0.25, 0.3) is 16.7 Å². The molecule has 0 aliphatic heterocycles. The molecule has 0 aliphatic rings. The van der Waals surface area contributed by atoms with Crippen molar-refractivity contribution in [1.82, 2.24) is 23.6 Å². The maximum absolute atomic E-state index is 12.9. The van der Waals surface area contributed by atoms with Gasteiger partial charge in [-0.05, 0) is 43.5 Å². The van der Waals surface area contributed by atoms with Crippen molar-refractivity contribution in [3.63, 3.8) is 0 Å². The van der Waals surface area contributed by atoms with Crippen LogP contribution in [0.1, 0.15) is 4.88 Å². The van der Waals surface area contributed by atoms with E-state index in [0.29, 0.717) is 29.1 Å². The molecule has 1 aromatic carbocycles. The first-order valence-electron chi connectivity index (χ1n) is 8.64. The minimum absolute atomic E-state index is 0.100. The molecule has 0 N–H and O–H groups in total. The Hall–Kier alpha value is -2.26. The molecule has 3 heterocycles. The zero-order chi connectivity index (χ0) is 19.8. The van der Waals surface area contributed by atoms with Gasteiger partial charge in [-0.2, -0.15) is 0 Å². The zero-order valence-electron chi connectivity index (χ0n) is 15.2. The van der Waals surface area contributed by atoms with Gasteiger partial charge >= 0.3 is 0 Å². The Kier molecular flexibility index (Phi) is 5.20. The van der Waals surface area contributed by atoms with Crippen LogP contribution in [0, 0.1) is 4.77 Å². The van der Waals surface area contributed by atoms with Crippen molar-refractivity contribution in [2.45, 2.75) is 19.8 Å². The largest absolute Gasteiger partial charge is 0.282 e. The first-order valence-corrected chi connectivity index (χ1v) is 10.2. The summed E-state index contributed by atoms with van der Waals surface area (Å²) in [5, 5.41) is 5.26. The molecule has 0 fully saturated rings. The molecule has 4 rings (SSSR count). The third-order valence-electron chi connectivity index (χ3n) is 4.43. The molecule has 9 heteroatoms. The topological polar surface area (TPSA) is 47.5 Å². The van der Waals surface area contributed by atoms with Crippen LogP contribution in [0.3, 0.4) is 0 Å². The van der Waals surface area contributed by atoms with E-state index in [-0.39, 0.29) is 5.56 Å². The number of halogens is 1. The molecule has 144 valence electrons. The highest BCUT2D eigenvalue weighted by molar-refractivity contribution is 7.71. The lowest BCUT2D eigenvalue weighted by Crippen LogP contribution is -2.23. The van der Waals surface area contributed by atoms with Crippen LogP contribution in [-0.2, 0) is 19.8 Å². The fourth-order valence-electron chi connectivity index (χ4n) is 3.23. The van der Waals surface area contributed by atoms with E-state index in [1.54, 1.807) is 26.7 Å². The number of hydrogen-bond acceptors (Lipinski definition) is 5. The maximum Gasteiger partial charge on any atom is 0.263 e. The molecule has 0 saturated heterocycles. The van der Waals surface area contributed by atoms with Gasteiger partial charge < -0.3 is 0 Å². The monoisotopic (exact) mass is 431 g/mol. The van der Waals surface area contributed by atoms with Gasteiger partial charge in [0.05, 0.1) is 21.9 Å². The van der Waals surface area contributed by atoms with Gasteiger partial charge in [-0.3, -0.25) is 18.7 Å². The molecule has 0 radical (unpaired) electrons. The lowest BCUT2D eigenvalue weighted by molar-refractivity contribution is 0.246. The van der Waals surface area contributed by atoms with Crippen LogP contribution in [0.5, 0.6) is 0 Å². The normalized spacial score (nSPS) is 11.7. The standard InChI is InChI=1S/C19H18ClN5OS2/c1-3-10-23-17(26)14-6-4-5-7-15(14)25-18(23)21-24(19(25)27)12-22(2)11-13-8-9-16(20)28-13/h3-9H,1,10-12H2,2H3. The molecule has 4 aromatic rings. The Bertz CT molecular complexity index is 1300. The van der Waals surface area contributed by atoms with Crippen LogP contribution in [0.15, 0.2) is 53.8 Å². The van der Waals surface area contributed by atoms with Crippen molar-refractivity contribution in [1.29, 1.82) is 0 Å². The second-order valence-corrected chi connectivity index (χ2v) is 8.67. The summed E-state index contributed by atoms with van der Waals surface area (Å²) in [5.74, 6) is 0.515. The van der Waals surface area contributed by atoms with Crippen molar-refractivity contribution in [2.75, 3.05) is 7.05 Å². The summed E-state index contributed by atoms with van der Waals surface area (Å²) in [6.45, 7) is 5.35. The highest BCUT2D eigenvalue weighted by Gasteiger charge is 2.15. The molecule has 0 unspecified atom stereocenters. The van der Waals surface area contributed by atoms with E-state index in [9.17, 15) is 4.79 Å². The fraction of sp³-hybridized carbons (Fsp3) is 0.211. The van der Waals surface area contributed by atoms with E-state index in [1.807, 2.05) is 47.8 Å². The van der Waals surface area contributed by atoms with Crippen LogP contribution < -0.4 is 5.56 Å². The predicted octanol–water partition coefficient (Wildman–Crippen LogP) is 4.17. The van der Waals surface area contributed by atoms with E-state index in [2.05, 4.69) is 16.6 Å². The Morgan fingerprint density at radius 1 is 1.32 bits per heavy atom. The molecular weight excluding hydrogens is 414 g/mol. The Labute approximate surface area is 175 Å². The van der Waals surface area contributed by atoms with Gasteiger partial charge in [0.2, 0.25) is 10.5 Å². The smallest absolute Gasteiger partial charge is 0.263 e. The fourth-order valence-corrected chi connectivity index (χ4v) is 4.68. The summed E-state index contributed by atoms with van der Waals surface area (Å²) in [6.07, 6.45) is 1.69. The first-order chi connectivity index (χ1) is 13.5. The Morgan fingerprint density at radius 3 is 2.82 bits per heavy atom. The highest BCUT2D eigenvalue weighted by atomic mass is 35.5. The van der Waals surface area contributed by atoms with Gasteiger partial charge in [-0.1, -0.05) is 29.8 Å². The maximum atomic E-state index is 12.9. The predicted molar refractivity (Wildman–Crippen MR) is 117 cm³/mol. The number of hydrogen-bond donors (Lipinski definition) is 0. The number of benzene rings is 1. The van der Waals surface area contributed by atoms with Crippen molar-refractivity contribution in [2.24, 2.45) is 0 Å². The Morgan fingerprint density at radius 2 is 2.11 bits per heavy atom. The molecule has 0 atom stereocenters. The third kappa shape index (κ3) is 3.33. The number of thiophene rings is 1. The molecule has 0 aliphatic carbocycles. The summed E-state index contributed by atoms with van der Waals surface area (Å²) in [6, 6.07) is 11.4. The number of allylic oxidation sites excluding steroid dienone is 1. The second-order valence-electron chi connectivity index (χ2n) is 6.50. The van der Waals surface area contributed by atoms with Gasteiger partial charge in [-0.25, -0.2) is 4.68 Å². The Balaban J connectivity index is 1.82. The van der Waals surface area contributed by atoms with Gasteiger partial charge in [-0.15, -0.1) is 23.0 Å². The van der Waals surface area contributed by atoms with Crippen molar-refractivity contribution >= 4 is 51.8 Å². The van der Waals surface area contributed by atoms with Crippen LogP contribution in [0.4, 0.5) is 0 Å². The average molecular weight is 432 g/mol. The zero-order valence-corrected chi connectivity index (χ0v) is 17.6. The van der Waals surface area contributed by atoms with Crippen molar-refractivity contribution < 1.29 is 0 Å². The summed E-state index contributed by atoms with van der Waals surface area (Å²) in [4.78, 5) is 16.2. The SMILES string of the molecule is C=CCn1c(=O)c2ccccc2n2c(=S)n(CN(C)Cc3ccc(Cl)s3)nc12. The highest BCUT2D eigenvalue weighted by Crippen LogP contribution is 2.22. The number of nitrogens with zero attached hydrogens (tertiary/aromatic N) is 5. The minimum Gasteiger partial charge on any atom is -0.282 e. The van der Waals surface area contributed by atoms with E-state index >= 15 is 0 Å². The van der Waals surface area contributed by atoms with E-state index in [4.69, 9.17) is 23.8 Å². The molecule has 3 aromatic heterocycles. The van der Waals surface area contributed by atoms with Crippen LogP contribution >= 0.6 is 35.2 Å². The quantitative estimate of drug-likeness (QED) is 0.339. The number of para-hydroxylation sites is 1. The third-order valence-corrected chi connectivity index (χ3v) is 6.04. The first kappa shape index (κ1) is 19.1. The van der Waals surface area contributed by atoms with E-state index < -0.39 is 0 Å². The lowest BCUT2D eigenvalue weighted by atomic mass is 10.2. The second kappa shape index (κ2) is 7.63.